The lowest BCUT2D eigenvalue weighted by molar-refractivity contribution is 0.457. The van der Waals surface area contributed by atoms with Crippen molar-refractivity contribution < 1.29 is 0 Å². The number of aromatic nitrogens is 2. The number of hydrogen-bond acceptors (Lipinski definition) is 3. The standard InChI is InChI=1S/C14H23N3/c1-3-4-5-14-16-10(2)12-8-11(9-15)6-7-13(12)17-14/h11H,3-9,15H2,1-2H3. The highest BCUT2D eigenvalue weighted by atomic mass is 14.9. The monoisotopic (exact) mass is 233 g/mol. The smallest absolute Gasteiger partial charge is 0.128 e. The molecule has 1 aliphatic carbocycles. The number of nitrogens with two attached hydrogens (primary N) is 1. The van der Waals surface area contributed by atoms with E-state index in [4.69, 9.17) is 10.7 Å². The van der Waals surface area contributed by atoms with E-state index in [9.17, 15) is 0 Å². The van der Waals surface area contributed by atoms with Gasteiger partial charge in [-0.1, -0.05) is 13.3 Å². The normalized spacial score (nSPS) is 19.1. The molecule has 1 atom stereocenters. The van der Waals surface area contributed by atoms with Crippen molar-refractivity contribution in [1.82, 2.24) is 9.97 Å². The van der Waals surface area contributed by atoms with E-state index in [-0.39, 0.29) is 0 Å². The van der Waals surface area contributed by atoms with Gasteiger partial charge in [0.05, 0.1) is 0 Å². The van der Waals surface area contributed by atoms with E-state index in [1.807, 2.05) is 0 Å². The lowest BCUT2D eigenvalue weighted by Crippen LogP contribution is -2.24. The van der Waals surface area contributed by atoms with Gasteiger partial charge in [-0.3, -0.25) is 0 Å². The fourth-order valence-electron chi connectivity index (χ4n) is 2.57. The minimum absolute atomic E-state index is 0.631. The van der Waals surface area contributed by atoms with E-state index in [0.29, 0.717) is 5.92 Å². The molecule has 3 nitrogen and oxygen atoms in total. The predicted molar refractivity (Wildman–Crippen MR) is 70.0 cm³/mol. The molecule has 2 N–H and O–H groups in total. The summed E-state index contributed by atoms with van der Waals surface area (Å²) in [5.74, 6) is 1.67. The number of unbranched alkanes of at least 4 members (excludes halogenated alkanes) is 1. The van der Waals surface area contributed by atoms with Crippen LogP contribution >= 0.6 is 0 Å². The fraction of sp³-hybridized carbons (Fsp3) is 0.714. The molecule has 1 aliphatic rings. The molecule has 0 fully saturated rings. The molecule has 1 unspecified atom stereocenters. The largest absolute Gasteiger partial charge is 0.330 e. The topological polar surface area (TPSA) is 51.8 Å². The second-order valence-corrected chi connectivity index (χ2v) is 5.10. The molecular weight excluding hydrogens is 210 g/mol. The summed E-state index contributed by atoms with van der Waals surface area (Å²) < 4.78 is 0. The Morgan fingerprint density at radius 1 is 1.35 bits per heavy atom. The summed E-state index contributed by atoms with van der Waals surface area (Å²) in [6, 6.07) is 0. The Bertz CT molecular complexity index is 387. The summed E-state index contributed by atoms with van der Waals surface area (Å²) in [4.78, 5) is 9.37. The maximum Gasteiger partial charge on any atom is 0.128 e. The minimum atomic E-state index is 0.631. The molecule has 0 radical (unpaired) electrons. The van der Waals surface area contributed by atoms with E-state index < -0.39 is 0 Å². The average molecular weight is 233 g/mol. The molecule has 94 valence electrons. The van der Waals surface area contributed by atoms with Crippen molar-refractivity contribution in [2.75, 3.05) is 6.54 Å². The zero-order chi connectivity index (χ0) is 12.3. The van der Waals surface area contributed by atoms with Crippen LogP contribution in [0.15, 0.2) is 0 Å². The lowest BCUT2D eigenvalue weighted by Gasteiger charge is -2.24. The first-order valence-electron chi connectivity index (χ1n) is 6.80. The number of fused-ring (bicyclic) bond motifs is 1. The molecule has 0 saturated carbocycles. The van der Waals surface area contributed by atoms with Gasteiger partial charge in [0, 0.05) is 17.8 Å². The van der Waals surface area contributed by atoms with Crippen LogP contribution in [0.4, 0.5) is 0 Å². The Hall–Kier alpha value is -0.960. The second kappa shape index (κ2) is 5.58. The molecule has 17 heavy (non-hydrogen) atoms. The molecule has 2 rings (SSSR count). The highest BCUT2D eigenvalue weighted by molar-refractivity contribution is 5.28. The number of rotatable bonds is 4. The van der Waals surface area contributed by atoms with Gasteiger partial charge in [-0.05, 0) is 50.6 Å². The Balaban J connectivity index is 2.20. The Labute approximate surface area is 104 Å². The highest BCUT2D eigenvalue weighted by Gasteiger charge is 2.21. The molecule has 3 heteroatoms. The van der Waals surface area contributed by atoms with Crippen molar-refractivity contribution in [2.24, 2.45) is 11.7 Å². The van der Waals surface area contributed by atoms with Crippen LogP contribution in [0.2, 0.25) is 0 Å². The average Bonchev–Trinajstić information content (AvgIpc) is 2.36. The van der Waals surface area contributed by atoms with Crippen molar-refractivity contribution in [1.29, 1.82) is 0 Å². The Morgan fingerprint density at radius 3 is 2.88 bits per heavy atom. The summed E-state index contributed by atoms with van der Waals surface area (Å²) in [5.41, 5.74) is 9.60. The van der Waals surface area contributed by atoms with Gasteiger partial charge in [-0.25, -0.2) is 9.97 Å². The highest BCUT2D eigenvalue weighted by Crippen LogP contribution is 2.25. The van der Waals surface area contributed by atoms with Crippen LogP contribution in [-0.4, -0.2) is 16.5 Å². The van der Waals surface area contributed by atoms with Gasteiger partial charge in [0.2, 0.25) is 0 Å². The van der Waals surface area contributed by atoms with E-state index in [1.165, 1.54) is 36.2 Å². The van der Waals surface area contributed by atoms with Gasteiger partial charge >= 0.3 is 0 Å². The maximum absolute atomic E-state index is 5.77. The molecule has 0 aromatic carbocycles. The van der Waals surface area contributed by atoms with E-state index in [1.54, 1.807) is 0 Å². The Kier molecular flexibility index (Phi) is 4.11. The summed E-state index contributed by atoms with van der Waals surface area (Å²) in [6.07, 6.45) is 6.75. The quantitative estimate of drug-likeness (QED) is 0.867. The number of nitrogens with zero attached hydrogens (tertiary/aromatic N) is 2. The first-order chi connectivity index (χ1) is 8.24. The van der Waals surface area contributed by atoms with Gasteiger partial charge in [0.15, 0.2) is 0 Å². The van der Waals surface area contributed by atoms with E-state index >= 15 is 0 Å². The minimum Gasteiger partial charge on any atom is -0.330 e. The molecule has 0 aliphatic heterocycles. The molecule has 0 saturated heterocycles. The van der Waals surface area contributed by atoms with Crippen LogP contribution < -0.4 is 5.73 Å². The second-order valence-electron chi connectivity index (χ2n) is 5.10. The Morgan fingerprint density at radius 2 is 2.18 bits per heavy atom. The van der Waals surface area contributed by atoms with Crippen molar-refractivity contribution in [2.45, 2.75) is 52.4 Å². The van der Waals surface area contributed by atoms with Gasteiger partial charge in [-0.15, -0.1) is 0 Å². The first-order valence-corrected chi connectivity index (χ1v) is 6.80. The van der Waals surface area contributed by atoms with Gasteiger partial charge in [0.1, 0.15) is 5.82 Å². The third-order valence-corrected chi connectivity index (χ3v) is 3.72. The van der Waals surface area contributed by atoms with Gasteiger partial charge < -0.3 is 5.73 Å². The number of hydrogen-bond donors (Lipinski definition) is 1. The van der Waals surface area contributed by atoms with Crippen molar-refractivity contribution >= 4 is 0 Å². The van der Waals surface area contributed by atoms with Crippen molar-refractivity contribution in [3.8, 4) is 0 Å². The van der Waals surface area contributed by atoms with Crippen LogP contribution in [0.1, 0.15) is 49.0 Å². The first kappa shape index (κ1) is 12.5. The molecule has 0 spiro atoms. The van der Waals surface area contributed by atoms with E-state index in [2.05, 4.69) is 18.8 Å². The van der Waals surface area contributed by atoms with Crippen LogP contribution in [0, 0.1) is 12.8 Å². The van der Waals surface area contributed by atoms with Gasteiger partial charge in [0.25, 0.3) is 0 Å². The number of aryl methyl sites for hydroxylation is 3. The third kappa shape index (κ3) is 2.83. The summed E-state index contributed by atoms with van der Waals surface area (Å²) in [5, 5.41) is 0. The van der Waals surface area contributed by atoms with Crippen molar-refractivity contribution in [3.63, 3.8) is 0 Å². The maximum atomic E-state index is 5.77. The third-order valence-electron chi connectivity index (χ3n) is 3.72. The molecule has 1 aromatic heterocycles. The molecule has 1 heterocycles. The lowest BCUT2D eigenvalue weighted by atomic mass is 9.86. The van der Waals surface area contributed by atoms with Crippen LogP contribution in [0.5, 0.6) is 0 Å². The zero-order valence-corrected chi connectivity index (χ0v) is 11.0. The van der Waals surface area contributed by atoms with Gasteiger partial charge in [-0.2, -0.15) is 0 Å². The summed E-state index contributed by atoms with van der Waals surface area (Å²) in [6.45, 7) is 5.11. The predicted octanol–water partition coefficient (Wildman–Crippen LogP) is 2.19. The van der Waals surface area contributed by atoms with Crippen molar-refractivity contribution in [3.05, 3.63) is 22.8 Å². The molecule has 0 amide bonds. The molecule has 0 bridgehead atoms. The van der Waals surface area contributed by atoms with Crippen LogP contribution in [0.3, 0.4) is 0 Å². The molecule has 1 aromatic rings. The van der Waals surface area contributed by atoms with Crippen LogP contribution in [0.25, 0.3) is 0 Å². The SMILES string of the molecule is CCCCc1nc(C)c2c(n1)CCC(CN)C2. The zero-order valence-electron chi connectivity index (χ0n) is 11.0. The summed E-state index contributed by atoms with van der Waals surface area (Å²) in [7, 11) is 0. The van der Waals surface area contributed by atoms with E-state index in [0.717, 1.165) is 31.6 Å². The summed E-state index contributed by atoms with van der Waals surface area (Å²) >= 11 is 0. The van der Waals surface area contributed by atoms with Crippen LogP contribution in [-0.2, 0) is 19.3 Å². The fourth-order valence-corrected chi connectivity index (χ4v) is 2.57. The molecular formula is C14H23N3.